The number of hydrogen-bond donors (Lipinski definition) is 1. The fraction of sp³-hybridized carbons (Fsp3) is 0.276. The number of nitriles is 1. The maximum absolute atomic E-state index is 13.8. The smallest absolute Gasteiger partial charge is 0.335 e. The number of nitrogens with two attached hydrogens (primary N) is 1. The number of hydrogen-bond acceptors (Lipinski definition) is 8. The van der Waals surface area contributed by atoms with Crippen LogP contribution in [0.1, 0.15) is 13.3 Å². The van der Waals surface area contributed by atoms with Crippen molar-refractivity contribution in [2.45, 2.75) is 25.9 Å². The van der Waals surface area contributed by atoms with Crippen molar-refractivity contribution in [2.75, 3.05) is 25.5 Å². The van der Waals surface area contributed by atoms with E-state index in [0.29, 0.717) is 54.5 Å². The number of carbonyl (C=O) groups is 1. The van der Waals surface area contributed by atoms with Crippen molar-refractivity contribution in [3.05, 3.63) is 83.1 Å². The predicted octanol–water partition coefficient (Wildman–Crippen LogP) is 3.04. The van der Waals surface area contributed by atoms with Crippen LogP contribution in [-0.4, -0.2) is 55.7 Å². The lowest BCUT2D eigenvalue weighted by atomic mass is 9.86. The van der Waals surface area contributed by atoms with E-state index < -0.39 is 0 Å². The zero-order valence-corrected chi connectivity index (χ0v) is 21.9. The lowest BCUT2D eigenvalue weighted by molar-refractivity contribution is -0.134. The van der Waals surface area contributed by atoms with E-state index in [-0.39, 0.29) is 41.0 Å². The zero-order chi connectivity index (χ0) is 27.9. The van der Waals surface area contributed by atoms with Gasteiger partial charge in [0.25, 0.3) is 5.91 Å². The van der Waals surface area contributed by atoms with Crippen molar-refractivity contribution in [3.8, 4) is 23.3 Å². The van der Waals surface area contributed by atoms with Crippen molar-refractivity contribution in [1.82, 2.24) is 24.0 Å². The van der Waals surface area contributed by atoms with Crippen LogP contribution in [-0.2, 0) is 16.1 Å². The molecule has 11 nitrogen and oxygen atoms in total. The number of ether oxygens (including phenoxy) is 2. The van der Waals surface area contributed by atoms with Gasteiger partial charge in [-0.15, -0.1) is 0 Å². The molecule has 202 valence electrons. The van der Waals surface area contributed by atoms with E-state index in [2.05, 4.69) is 9.97 Å². The number of amides is 1. The average Bonchev–Trinajstić information content (AvgIpc) is 3.21. The van der Waals surface area contributed by atoms with Crippen LogP contribution in [0.25, 0.3) is 16.9 Å². The van der Waals surface area contributed by atoms with Crippen LogP contribution in [0, 0.1) is 16.7 Å². The third-order valence-electron chi connectivity index (χ3n) is 7.31. The van der Waals surface area contributed by atoms with E-state index in [9.17, 15) is 14.9 Å². The van der Waals surface area contributed by atoms with Crippen molar-refractivity contribution < 1.29 is 14.3 Å². The van der Waals surface area contributed by atoms with Gasteiger partial charge in [0.15, 0.2) is 11.5 Å². The number of nitrogens with zero attached hydrogens (tertiary/aromatic N) is 6. The molecule has 2 aliphatic rings. The van der Waals surface area contributed by atoms with E-state index in [0.717, 1.165) is 0 Å². The summed E-state index contributed by atoms with van der Waals surface area (Å²) in [5.41, 5.74) is 6.98. The van der Waals surface area contributed by atoms with Crippen LogP contribution in [0.2, 0.25) is 0 Å². The van der Waals surface area contributed by atoms with Gasteiger partial charge in [-0.1, -0.05) is 31.2 Å². The Balaban J connectivity index is 1.30. The Bertz CT molecular complexity index is 1710. The van der Waals surface area contributed by atoms with Gasteiger partial charge in [-0.25, -0.2) is 14.8 Å². The normalized spacial score (nSPS) is 18.1. The Morgan fingerprint density at radius 3 is 2.52 bits per heavy atom. The standard InChI is InChI=1S/C29H27N7O4/c1-29(16-39-17-29)13-19(14-30)27(37)34-12-11-21(34)15-35-26-24(25(31)32-18-33-26)36(28(35)38)20-7-9-23(10-8-20)40-22-5-3-2-4-6-22/h2-10,13,18,21H,11-12,15-17H2,1H3,(H2,31,32,33)/b19-13+/t21-/m0/s1. The molecule has 2 saturated heterocycles. The molecule has 6 rings (SSSR count). The first kappa shape index (κ1) is 25.3. The van der Waals surface area contributed by atoms with Crippen molar-refractivity contribution in [3.63, 3.8) is 0 Å². The Morgan fingerprint density at radius 2 is 1.90 bits per heavy atom. The molecule has 4 aromatic rings. The Hall–Kier alpha value is -4.95. The van der Waals surface area contributed by atoms with Gasteiger partial charge in [-0.05, 0) is 42.8 Å². The molecule has 40 heavy (non-hydrogen) atoms. The monoisotopic (exact) mass is 537 g/mol. The number of imidazole rings is 1. The van der Waals surface area contributed by atoms with E-state index in [4.69, 9.17) is 15.2 Å². The molecule has 0 bridgehead atoms. The van der Waals surface area contributed by atoms with Crippen LogP contribution in [0.15, 0.2) is 77.4 Å². The number of benzene rings is 2. The molecule has 0 spiro atoms. The molecule has 2 aromatic heterocycles. The highest BCUT2D eigenvalue weighted by Crippen LogP contribution is 2.31. The summed E-state index contributed by atoms with van der Waals surface area (Å²) in [5.74, 6) is 1.14. The van der Waals surface area contributed by atoms with Gasteiger partial charge in [-0.2, -0.15) is 5.26 Å². The van der Waals surface area contributed by atoms with E-state index in [1.807, 2.05) is 43.3 Å². The molecule has 4 heterocycles. The van der Waals surface area contributed by atoms with Gasteiger partial charge in [0.05, 0.1) is 24.9 Å². The molecular formula is C29H27N7O4. The fourth-order valence-corrected chi connectivity index (χ4v) is 5.05. The van der Waals surface area contributed by atoms with Crippen molar-refractivity contribution >= 4 is 22.9 Å². The molecule has 2 fully saturated rings. The summed E-state index contributed by atoms with van der Waals surface area (Å²) in [6.07, 6.45) is 3.71. The van der Waals surface area contributed by atoms with Crippen molar-refractivity contribution in [1.29, 1.82) is 5.26 Å². The maximum Gasteiger partial charge on any atom is 0.335 e. The van der Waals surface area contributed by atoms with E-state index >= 15 is 0 Å². The number of para-hydroxylation sites is 1. The Morgan fingerprint density at radius 1 is 1.18 bits per heavy atom. The number of carbonyl (C=O) groups excluding carboxylic acids is 1. The zero-order valence-electron chi connectivity index (χ0n) is 21.9. The summed E-state index contributed by atoms with van der Waals surface area (Å²) >= 11 is 0. The second kappa shape index (κ2) is 9.98. The van der Waals surface area contributed by atoms with Gasteiger partial charge < -0.3 is 20.1 Å². The number of anilines is 1. The average molecular weight is 538 g/mol. The van der Waals surface area contributed by atoms with Gasteiger partial charge in [0, 0.05) is 18.5 Å². The van der Waals surface area contributed by atoms with E-state index in [1.54, 1.807) is 35.2 Å². The van der Waals surface area contributed by atoms with Gasteiger partial charge >= 0.3 is 5.69 Å². The van der Waals surface area contributed by atoms with Crippen LogP contribution in [0.4, 0.5) is 5.82 Å². The quantitative estimate of drug-likeness (QED) is 0.280. The summed E-state index contributed by atoms with van der Waals surface area (Å²) in [6, 6.07) is 18.3. The molecule has 11 heteroatoms. The first-order chi connectivity index (χ1) is 19.4. The number of rotatable bonds is 7. The Kier molecular flexibility index (Phi) is 6.32. The SMILES string of the molecule is CC1(/C=C(\C#N)C(=O)N2CC[C@H]2Cn2c(=O)n(-c3ccc(Oc4ccccc4)cc3)c3c(N)ncnc32)COC1. The summed E-state index contributed by atoms with van der Waals surface area (Å²) in [5, 5.41) is 9.67. The highest BCUT2D eigenvalue weighted by molar-refractivity contribution is 5.98. The second-order valence-electron chi connectivity index (χ2n) is 10.3. The predicted molar refractivity (Wildman–Crippen MR) is 147 cm³/mol. The molecule has 2 aromatic carbocycles. The summed E-state index contributed by atoms with van der Waals surface area (Å²) in [4.78, 5) is 37.1. The molecule has 0 aliphatic carbocycles. The molecular weight excluding hydrogens is 510 g/mol. The van der Waals surface area contributed by atoms with Crippen LogP contribution >= 0.6 is 0 Å². The second-order valence-corrected chi connectivity index (χ2v) is 10.3. The number of nitrogen functional groups attached to an aromatic ring is 1. The van der Waals surface area contributed by atoms with Crippen LogP contribution in [0.5, 0.6) is 11.5 Å². The number of aromatic nitrogens is 4. The van der Waals surface area contributed by atoms with E-state index in [1.165, 1.54) is 15.5 Å². The minimum Gasteiger partial charge on any atom is -0.457 e. The third-order valence-corrected chi connectivity index (χ3v) is 7.31. The molecule has 2 aliphatic heterocycles. The van der Waals surface area contributed by atoms with Gasteiger partial charge in [0.1, 0.15) is 35.0 Å². The maximum atomic E-state index is 13.8. The molecule has 1 atom stereocenters. The molecule has 0 saturated carbocycles. The summed E-state index contributed by atoms with van der Waals surface area (Å²) in [6.45, 7) is 3.62. The third kappa shape index (κ3) is 4.48. The molecule has 0 radical (unpaired) electrons. The lowest BCUT2D eigenvalue weighted by Crippen LogP contribution is -2.54. The van der Waals surface area contributed by atoms with Crippen LogP contribution in [0.3, 0.4) is 0 Å². The number of fused-ring (bicyclic) bond motifs is 1. The Labute approximate surface area is 229 Å². The minimum absolute atomic E-state index is 0.0923. The van der Waals surface area contributed by atoms with Gasteiger partial charge in [0.2, 0.25) is 0 Å². The fourth-order valence-electron chi connectivity index (χ4n) is 5.05. The lowest BCUT2D eigenvalue weighted by Gasteiger charge is -2.41. The minimum atomic E-state index is -0.353. The van der Waals surface area contributed by atoms with Crippen molar-refractivity contribution in [2.24, 2.45) is 5.41 Å². The summed E-state index contributed by atoms with van der Waals surface area (Å²) in [7, 11) is 0. The highest BCUT2D eigenvalue weighted by atomic mass is 16.5. The molecule has 0 unspecified atom stereocenters. The molecule has 2 N–H and O–H groups in total. The topological polar surface area (TPSA) is 141 Å². The molecule has 1 amide bonds. The number of likely N-dealkylation sites (tertiary alicyclic amines) is 1. The first-order valence-electron chi connectivity index (χ1n) is 12.9. The first-order valence-corrected chi connectivity index (χ1v) is 12.9. The summed E-state index contributed by atoms with van der Waals surface area (Å²) < 4.78 is 14.1. The highest BCUT2D eigenvalue weighted by Gasteiger charge is 2.38. The van der Waals surface area contributed by atoms with Crippen LogP contribution < -0.4 is 16.2 Å². The van der Waals surface area contributed by atoms with Gasteiger partial charge in [-0.3, -0.25) is 13.9 Å². The largest absolute Gasteiger partial charge is 0.457 e.